The molecule has 0 saturated heterocycles. The van der Waals surface area contributed by atoms with E-state index < -0.39 is 5.97 Å². The van der Waals surface area contributed by atoms with E-state index in [1.54, 1.807) is 31.6 Å². The molecule has 0 saturated carbocycles. The van der Waals surface area contributed by atoms with Gasteiger partial charge in [0.1, 0.15) is 5.69 Å². The fraction of sp³-hybridized carbons (Fsp3) is 0.111. The third-order valence-corrected chi connectivity index (χ3v) is 3.03. The van der Waals surface area contributed by atoms with Crippen LogP contribution in [0.4, 0.5) is 0 Å². The number of ether oxygens (including phenoxy) is 1. The van der Waals surface area contributed by atoms with Crippen LogP contribution in [0.15, 0.2) is 55.0 Å². The summed E-state index contributed by atoms with van der Waals surface area (Å²) in [5, 5.41) is 8.32. The predicted octanol–water partition coefficient (Wildman–Crippen LogP) is 3.04. The molecule has 131 valence electrons. The average Bonchev–Trinajstić information content (AvgIpc) is 2.63. The van der Waals surface area contributed by atoms with Crippen LogP contribution in [0.2, 0.25) is 0 Å². The van der Waals surface area contributed by atoms with E-state index in [1.807, 2.05) is 25.1 Å². The normalized spacial score (nSPS) is 9.20. The molecule has 0 spiro atoms. The third kappa shape index (κ3) is 6.06. The number of hydrogen-bond acceptors (Lipinski definition) is 5. The second kappa shape index (κ2) is 10.3. The minimum atomic E-state index is -0.990. The van der Waals surface area contributed by atoms with Crippen LogP contribution >= 0.6 is 0 Å². The van der Waals surface area contributed by atoms with Gasteiger partial charge in [-0.25, -0.2) is 9.78 Å². The Morgan fingerprint density at radius 1 is 1.12 bits per heavy atom. The Hall–Kier alpha value is -2.63. The van der Waals surface area contributed by atoms with Crippen LogP contribution in [0.3, 0.4) is 0 Å². The average molecular weight is 515 g/mol. The van der Waals surface area contributed by atoms with Crippen LogP contribution in [0.25, 0.3) is 11.3 Å². The number of carboxylic acid groups (broad SMARTS) is 1. The van der Waals surface area contributed by atoms with E-state index in [2.05, 4.69) is 21.0 Å². The Bertz CT molecular complexity index is 813. The topological polar surface area (TPSA) is 85.2 Å². The van der Waals surface area contributed by atoms with Crippen molar-refractivity contribution < 1.29 is 34.7 Å². The van der Waals surface area contributed by atoms with E-state index in [0.717, 1.165) is 22.7 Å². The van der Waals surface area contributed by atoms with Crippen LogP contribution in [-0.2, 0) is 20.1 Å². The molecular formula is C18H16IrN3O3-. The molecule has 3 aromatic rings. The summed E-state index contributed by atoms with van der Waals surface area (Å²) in [7, 11) is 1.64. The smallest absolute Gasteiger partial charge is 0.354 e. The maximum Gasteiger partial charge on any atom is 0.354 e. The Balaban J connectivity index is 0.000000270. The summed E-state index contributed by atoms with van der Waals surface area (Å²) >= 11 is 0. The number of pyridine rings is 1. The van der Waals surface area contributed by atoms with Crippen LogP contribution in [0.5, 0.6) is 5.75 Å². The third-order valence-electron chi connectivity index (χ3n) is 3.03. The summed E-state index contributed by atoms with van der Waals surface area (Å²) in [6.45, 7) is 1.93. The van der Waals surface area contributed by atoms with Gasteiger partial charge in [-0.05, 0) is 19.1 Å². The predicted molar refractivity (Wildman–Crippen MR) is 88.8 cm³/mol. The number of aryl methyl sites for hydroxylation is 1. The van der Waals surface area contributed by atoms with Crippen LogP contribution < -0.4 is 4.74 Å². The molecule has 0 amide bonds. The summed E-state index contributed by atoms with van der Waals surface area (Å²) in [6, 6.07) is 13.5. The molecule has 0 unspecified atom stereocenters. The van der Waals surface area contributed by atoms with E-state index >= 15 is 0 Å². The quantitative estimate of drug-likeness (QED) is 0.541. The van der Waals surface area contributed by atoms with Gasteiger partial charge in [0, 0.05) is 55.8 Å². The first-order chi connectivity index (χ1) is 11.6. The Kier molecular flexibility index (Phi) is 8.39. The number of methoxy groups -OCH3 is 1. The van der Waals surface area contributed by atoms with Gasteiger partial charge in [-0.15, -0.1) is 29.8 Å². The van der Waals surface area contributed by atoms with E-state index in [1.165, 1.54) is 12.3 Å². The van der Waals surface area contributed by atoms with Gasteiger partial charge in [-0.3, -0.25) is 4.98 Å². The number of aromatic nitrogens is 3. The number of rotatable bonds is 3. The number of aromatic carboxylic acids is 1. The van der Waals surface area contributed by atoms with Gasteiger partial charge in [0.25, 0.3) is 0 Å². The fourth-order valence-corrected chi connectivity index (χ4v) is 1.87. The second-order valence-electron chi connectivity index (χ2n) is 4.65. The zero-order valence-electron chi connectivity index (χ0n) is 13.6. The molecular weight excluding hydrogens is 498 g/mol. The first kappa shape index (κ1) is 20.4. The van der Waals surface area contributed by atoms with Gasteiger partial charge in [0.05, 0.1) is 7.11 Å². The van der Waals surface area contributed by atoms with Crippen molar-refractivity contribution in [2.45, 2.75) is 6.92 Å². The van der Waals surface area contributed by atoms with Crippen molar-refractivity contribution in [3.63, 3.8) is 0 Å². The molecule has 3 rings (SSSR count). The SMILES string of the molecule is COc1cc[c-]c(-c2nccnc2C)c1.O=C(O)c1ccccn1.[Ir]. The minimum Gasteiger partial charge on any atom is -0.516 e. The van der Waals surface area contributed by atoms with E-state index in [0.29, 0.717) is 0 Å². The number of hydrogen-bond donors (Lipinski definition) is 1. The molecule has 1 radical (unpaired) electrons. The van der Waals surface area contributed by atoms with Crippen molar-refractivity contribution in [2.75, 3.05) is 7.11 Å². The van der Waals surface area contributed by atoms with Gasteiger partial charge in [0.2, 0.25) is 0 Å². The standard InChI is InChI=1S/C12H11N2O.C6H5NO2.Ir/c1-9-12(14-7-6-13-9)10-4-3-5-11(8-10)15-2;8-6(9)5-3-1-2-4-7-5;/h3,5-8H,1-2H3;1-4H,(H,8,9);/q-1;;. The summed E-state index contributed by atoms with van der Waals surface area (Å²) in [4.78, 5) is 22.2. The zero-order valence-corrected chi connectivity index (χ0v) is 16.0. The van der Waals surface area contributed by atoms with Gasteiger partial charge in [-0.2, -0.15) is 0 Å². The Morgan fingerprint density at radius 2 is 1.88 bits per heavy atom. The molecule has 2 aromatic heterocycles. The number of carbonyl (C=O) groups is 1. The fourth-order valence-electron chi connectivity index (χ4n) is 1.87. The Morgan fingerprint density at radius 3 is 2.44 bits per heavy atom. The first-order valence-corrected chi connectivity index (χ1v) is 7.10. The van der Waals surface area contributed by atoms with Crippen molar-refractivity contribution >= 4 is 5.97 Å². The number of nitrogens with zero attached hydrogens (tertiary/aromatic N) is 3. The van der Waals surface area contributed by atoms with Crippen molar-refractivity contribution in [3.8, 4) is 17.0 Å². The van der Waals surface area contributed by atoms with Gasteiger partial charge in [0.15, 0.2) is 0 Å². The molecule has 0 aliphatic rings. The van der Waals surface area contributed by atoms with E-state index in [9.17, 15) is 4.79 Å². The summed E-state index contributed by atoms with van der Waals surface area (Å²) in [5.41, 5.74) is 2.72. The number of carboxylic acids is 1. The molecule has 0 aliphatic heterocycles. The van der Waals surface area contributed by atoms with Crippen LogP contribution in [0, 0.1) is 13.0 Å². The molecule has 7 heteroatoms. The summed E-state index contributed by atoms with van der Waals surface area (Å²) in [6.07, 6.45) is 4.80. The molecule has 6 nitrogen and oxygen atoms in total. The van der Waals surface area contributed by atoms with Crippen molar-refractivity contribution in [1.29, 1.82) is 0 Å². The monoisotopic (exact) mass is 515 g/mol. The summed E-state index contributed by atoms with van der Waals surface area (Å²) in [5.74, 6) is -0.190. The molecule has 25 heavy (non-hydrogen) atoms. The molecule has 0 bridgehead atoms. The summed E-state index contributed by atoms with van der Waals surface area (Å²) < 4.78 is 5.15. The first-order valence-electron chi connectivity index (χ1n) is 7.10. The van der Waals surface area contributed by atoms with E-state index in [-0.39, 0.29) is 25.8 Å². The molecule has 1 N–H and O–H groups in total. The van der Waals surface area contributed by atoms with Gasteiger partial charge < -0.3 is 14.8 Å². The molecule has 2 heterocycles. The van der Waals surface area contributed by atoms with Gasteiger partial charge >= 0.3 is 5.97 Å². The molecule has 0 aliphatic carbocycles. The maximum atomic E-state index is 10.1. The second-order valence-corrected chi connectivity index (χ2v) is 4.65. The number of benzene rings is 1. The molecule has 1 aromatic carbocycles. The van der Waals surface area contributed by atoms with E-state index in [4.69, 9.17) is 9.84 Å². The van der Waals surface area contributed by atoms with Crippen LogP contribution in [0.1, 0.15) is 16.2 Å². The maximum absolute atomic E-state index is 10.1. The van der Waals surface area contributed by atoms with Crippen molar-refractivity contribution in [3.05, 3.63) is 72.4 Å². The molecule has 0 fully saturated rings. The van der Waals surface area contributed by atoms with Crippen molar-refractivity contribution in [1.82, 2.24) is 15.0 Å². The largest absolute Gasteiger partial charge is 0.516 e. The van der Waals surface area contributed by atoms with Gasteiger partial charge in [-0.1, -0.05) is 6.07 Å². The zero-order chi connectivity index (χ0) is 17.4. The van der Waals surface area contributed by atoms with Crippen molar-refractivity contribution in [2.24, 2.45) is 0 Å². The minimum absolute atomic E-state index is 0. The molecule has 0 atom stereocenters. The van der Waals surface area contributed by atoms with Crippen LogP contribution in [-0.4, -0.2) is 33.1 Å². The Labute approximate surface area is 159 Å².